The van der Waals surface area contributed by atoms with Crippen molar-refractivity contribution in [1.82, 2.24) is 4.31 Å². The van der Waals surface area contributed by atoms with Crippen molar-refractivity contribution in [2.45, 2.75) is 77.6 Å². The summed E-state index contributed by atoms with van der Waals surface area (Å²) < 4.78 is 24.8. The van der Waals surface area contributed by atoms with Gasteiger partial charge in [0.2, 0.25) is 10.0 Å². The summed E-state index contributed by atoms with van der Waals surface area (Å²) in [5, 5.41) is 0. The Bertz CT molecular complexity index is 314. The monoisotopic (exact) mass is 289 g/mol. The summed E-state index contributed by atoms with van der Waals surface area (Å²) in [6.07, 6.45) is 13.8. The van der Waals surface area contributed by atoms with Crippen LogP contribution in [0.1, 0.15) is 77.6 Å². The van der Waals surface area contributed by atoms with Crippen LogP contribution in [0.15, 0.2) is 0 Å². The summed E-state index contributed by atoms with van der Waals surface area (Å²) >= 11 is 0. The minimum absolute atomic E-state index is 0.366. The average molecular weight is 289 g/mol. The van der Waals surface area contributed by atoms with E-state index < -0.39 is 10.0 Å². The standard InChI is InChI=1S/C15H31NO2S/c1-2-3-4-5-6-7-8-9-10-11-13-16-14-12-15-19(16,17)18/h2-15H2,1H3. The predicted molar refractivity (Wildman–Crippen MR) is 81.8 cm³/mol. The third kappa shape index (κ3) is 7.31. The van der Waals surface area contributed by atoms with Gasteiger partial charge in [-0.2, -0.15) is 0 Å². The lowest BCUT2D eigenvalue weighted by atomic mass is 10.1. The minimum atomic E-state index is -2.86. The minimum Gasteiger partial charge on any atom is -0.212 e. The van der Waals surface area contributed by atoms with Gasteiger partial charge in [0, 0.05) is 13.1 Å². The van der Waals surface area contributed by atoms with Gasteiger partial charge in [-0.25, -0.2) is 12.7 Å². The summed E-state index contributed by atoms with van der Waals surface area (Å²) in [5.74, 6) is 0.366. The lowest BCUT2D eigenvalue weighted by Crippen LogP contribution is -2.26. The van der Waals surface area contributed by atoms with E-state index in [-0.39, 0.29) is 0 Å². The molecule has 3 nitrogen and oxygen atoms in total. The lowest BCUT2D eigenvalue weighted by Gasteiger charge is -2.13. The molecule has 1 rings (SSSR count). The molecule has 0 aromatic carbocycles. The number of sulfonamides is 1. The fourth-order valence-electron chi connectivity index (χ4n) is 2.72. The Morgan fingerprint density at radius 2 is 1.37 bits per heavy atom. The van der Waals surface area contributed by atoms with Gasteiger partial charge in [0.05, 0.1) is 5.75 Å². The molecule has 0 saturated carbocycles. The van der Waals surface area contributed by atoms with Crippen LogP contribution in [-0.2, 0) is 10.0 Å². The van der Waals surface area contributed by atoms with Crippen molar-refractivity contribution in [2.24, 2.45) is 0 Å². The van der Waals surface area contributed by atoms with E-state index in [0.717, 1.165) is 25.9 Å². The van der Waals surface area contributed by atoms with Gasteiger partial charge in [0.1, 0.15) is 0 Å². The highest BCUT2D eigenvalue weighted by Gasteiger charge is 2.26. The van der Waals surface area contributed by atoms with Crippen LogP contribution < -0.4 is 0 Å². The molecule has 0 aromatic rings. The van der Waals surface area contributed by atoms with Crippen LogP contribution in [0.25, 0.3) is 0 Å². The zero-order chi connectivity index (χ0) is 14.0. The number of hydrogen-bond acceptors (Lipinski definition) is 2. The molecule has 0 bridgehead atoms. The fraction of sp³-hybridized carbons (Fsp3) is 1.00. The maximum Gasteiger partial charge on any atom is 0.214 e. The Morgan fingerprint density at radius 3 is 1.84 bits per heavy atom. The molecular formula is C15H31NO2S. The van der Waals surface area contributed by atoms with E-state index in [0.29, 0.717) is 5.75 Å². The maximum absolute atomic E-state index is 11.6. The highest BCUT2D eigenvalue weighted by molar-refractivity contribution is 7.89. The van der Waals surface area contributed by atoms with Crippen LogP contribution in [0.2, 0.25) is 0 Å². The highest BCUT2D eigenvalue weighted by atomic mass is 32.2. The van der Waals surface area contributed by atoms with Crippen LogP contribution in [0.3, 0.4) is 0 Å². The summed E-state index contributed by atoms with van der Waals surface area (Å²) in [6, 6.07) is 0. The van der Waals surface area contributed by atoms with Gasteiger partial charge < -0.3 is 0 Å². The average Bonchev–Trinajstić information content (AvgIpc) is 2.71. The van der Waals surface area contributed by atoms with E-state index >= 15 is 0 Å². The van der Waals surface area contributed by atoms with E-state index in [4.69, 9.17) is 0 Å². The highest BCUT2D eigenvalue weighted by Crippen LogP contribution is 2.15. The van der Waals surface area contributed by atoms with Crippen molar-refractivity contribution in [3.8, 4) is 0 Å². The van der Waals surface area contributed by atoms with Crippen molar-refractivity contribution in [3.05, 3.63) is 0 Å². The van der Waals surface area contributed by atoms with Crippen LogP contribution in [0, 0.1) is 0 Å². The Morgan fingerprint density at radius 1 is 0.842 bits per heavy atom. The molecule has 0 radical (unpaired) electrons. The normalized spacial score (nSPS) is 19.0. The molecule has 0 amide bonds. The number of hydrogen-bond donors (Lipinski definition) is 0. The van der Waals surface area contributed by atoms with Crippen molar-refractivity contribution >= 4 is 10.0 Å². The Labute approximate surface area is 119 Å². The lowest BCUT2D eigenvalue weighted by molar-refractivity contribution is 0.423. The van der Waals surface area contributed by atoms with E-state index in [1.807, 2.05) is 0 Å². The number of nitrogens with zero attached hydrogens (tertiary/aromatic N) is 1. The molecule has 19 heavy (non-hydrogen) atoms. The zero-order valence-corrected chi connectivity index (χ0v) is 13.4. The molecule has 0 aromatic heterocycles. The molecule has 0 unspecified atom stereocenters. The molecule has 4 heteroatoms. The first-order valence-electron chi connectivity index (χ1n) is 8.14. The molecule has 1 aliphatic rings. The van der Waals surface area contributed by atoms with Crippen molar-refractivity contribution in [2.75, 3.05) is 18.8 Å². The summed E-state index contributed by atoms with van der Waals surface area (Å²) in [4.78, 5) is 0. The van der Waals surface area contributed by atoms with Crippen LogP contribution in [-0.4, -0.2) is 31.6 Å². The third-order valence-corrected chi connectivity index (χ3v) is 5.92. The van der Waals surface area contributed by atoms with E-state index in [1.165, 1.54) is 57.8 Å². The second-order valence-electron chi connectivity index (χ2n) is 5.75. The van der Waals surface area contributed by atoms with E-state index in [9.17, 15) is 8.42 Å². The largest absolute Gasteiger partial charge is 0.214 e. The van der Waals surface area contributed by atoms with Crippen LogP contribution in [0.5, 0.6) is 0 Å². The first kappa shape index (κ1) is 17.0. The number of unbranched alkanes of at least 4 members (excludes halogenated alkanes) is 9. The quantitative estimate of drug-likeness (QED) is 0.540. The Balaban J connectivity index is 1.86. The van der Waals surface area contributed by atoms with Crippen molar-refractivity contribution in [3.63, 3.8) is 0 Å². The molecule has 114 valence electrons. The van der Waals surface area contributed by atoms with Crippen LogP contribution >= 0.6 is 0 Å². The topological polar surface area (TPSA) is 37.4 Å². The molecule has 0 spiro atoms. The zero-order valence-electron chi connectivity index (χ0n) is 12.6. The molecule has 0 aliphatic carbocycles. The number of rotatable bonds is 11. The van der Waals surface area contributed by atoms with Gasteiger partial charge in [0.25, 0.3) is 0 Å². The predicted octanol–water partition coefficient (Wildman–Crippen LogP) is 3.94. The van der Waals surface area contributed by atoms with E-state index in [1.54, 1.807) is 4.31 Å². The molecule has 0 atom stereocenters. The molecule has 1 aliphatic heterocycles. The Kier molecular flexibility index (Phi) is 8.71. The molecule has 1 saturated heterocycles. The van der Waals surface area contributed by atoms with Crippen molar-refractivity contribution in [1.29, 1.82) is 0 Å². The van der Waals surface area contributed by atoms with Gasteiger partial charge in [-0.15, -0.1) is 0 Å². The third-order valence-electron chi connectivity index (χ3n) is 3.96. The second kappa shape index (κ2) is 9.76. The summed E-state index contributed by atoms with van der Waals surface area (Å²) in [5.41, 5.74) is 0. The van der Waals surface area contributed by atoms with Gasteiger partial charge in [0.15, 0.2) is 0 Å². The molecule has 0 N–H and O–H groups in total. The molecule has 1 fully saturated rings. The van der Waals surface area contributed by atoms with Crippen LogP contribution in [0.4, 0.5) is 0 Å². The SMILES string of the molecule is CCCCCCCCCCCCN1CCCS1(=O)=O. The molecular weight excluding hydrogens is 258 g/mol. The first-order valence-corrected chi connectivity index (χ1v) is 9.75. The summed E-state index contributed by atoms with van der Waals surface area (Å²) in [6.45, 7) is 3.75. The maximum atomic E-state index is 11.6. The summed E-state index contributed by atoms with van der Waals surface area (Å²) in [7, 11) is -2.86. The second-order valence-corrected chi connectivity index (χ2v) is 7.84. The van der Waals surface area contributed by atoms with Gasteiger partial charge in [-0.3, -0.25) is 0 Å². The van der Waals surface area contributed by atoms with Gasteiger partial charge >= 0.3 is 0 Å². The van der Waals surface area contributed by atoms with Gasteiger partial charge in [-0.05, 0) is 12.8 Å². The smallest absolute Gasteiger partial charge is 0.212 e. The fourth-order valence-corrected chi connectivity index (χ4v) is 4.28. The van der Waals surface area contributed by atoms with Gasteiger partial charge in [-0.1, -0.05) is 64.7 Å². The molecule has 1 heterocycles. The van der Waals surface area contributed by atoms with Crippen molar-refractivity contribution < 1.29 is 8.42 Å². The first-order chi connectivity index (χ1) is 9.17. The van der Waals surface area contributed by atoms with E-state index in [2.05, 4.69) is 6.92 Å². The Hall–Kier alpha value is -0.0900.